The van der Waals surface area contributed by atoms with E-state index in [2.05, 4.69) is 31.4 Å². The van der Waals surface area contributed by atoms with Gasteiger partial charge in [0.05, 0.1) is 23.3 Å². The zero-order chi connectivity index (χ0) is 21.3. The average Bonchev–Trinajstić information content (AvgIpc) is 3.26. The number of aromatic nitrogens is 4. The number of nitrogens with one attached hydrogen (secondary N) is 1. The van der Waals surface area contributed by atoms with E-state index in [4.69, 9.17) is 0 Å². The van der Waals surface area contributed by atoms with Gasteiger partial charge in [0.2, 0.25) is 5.91 Å². The van der Waals surface area contributed by atoms with Crippen LogP contribution < -0.4 is 5.32 Å². The van der Waals surface area contributed by atoms with E-state index in [1.807, 2.05) is 30.5 Å². The third-order valence-electron chi connectivity index (χ3n) is 4.83. The molecule has 0 bridgehead atoms. The SMILES string of the molecule is O=C(CCn1nc(C(F)(F)F)c(Br)c1C1CC1)Nc1cccc(Cn2cccn2)c1. The van der Waals surface area contributed by atoms with Crippen LogP contribution in [0, 0.1) is 0 Å². The van der Waals surface area contributed by atoms with Crippen LogP contribution in [-0.2, 0) is 24.1 Å². The second-order valence-corrected chi connectivity index (χ2v) is 8.04. The van der Waals surface area contributed by atoms with Gasteiger partial charge in [-0.25, -0.2) is 0 Å². The van der Waals surface area contributed by atoms with Crippen molar-refractivity contribution in [1.82, 2.24) is 19.6 Å². The minimum absolute atomic E-state index is 0.00997. The number of carbonyl (C=O) groups is 1. The van der Waals surface area contributed by atoms with Gasteiger partial charge in [-0.05, 0) is 52.5 Å². The van der Waals surface area contributed by atoms with E-state index in [1.54, 1.807) is 16.9 Å². The maximum atomic E-state index is 13.2. The molecule has 0 saturated heterocycles. The molecule has 0 atom stereocenters. The molecule has 6 nitrogen and oxygen atoms in total. The Hall–Kier alpha value is -2.62. The summed E-state index contributed by atoms with van der Waals surface area (Å²) < 4.78 is 42.7. The van der Waals surface area contributed by atoms with Crippen LogP contribution in [0.15, 0.2) is 47.2 Å². The van der Waals surface area contributed by atoms with Crippen LogP contribution in [0.1, 0.15) is 42.1 Å². The Morgan fingerprint density at radius 3 is 2.73 bits per heavy atom. The largest absolute Gasteiger partial charge is 0.436 e. The molecule has 1 fully saturated rings. The van der Waals surface area contributed by atoms with Gasteiger partial charge in [0.1, 0.15) is 0 Å². The minimum atomic E-state index is -4.54. The molecule has 0 aliphatic heterocycles. The van der Waals surface area contributed by atoms with Crippen LogP contribution in [0.3, 0.4) is 0 Å². The Morgan fingerprint density at radius 1 is 1.27 bits per heavy atom. The van der Waals surface area contributed by atoms with Crippen molar-refractivity contribution < 1.29 is 18.0 Å². The van der Waals surface area contributed by atoms with Crippen LogP contribution in [0.4, 0.5) is 18.9 Å². The highest BCUT2D eigenvalue weighted by atomic mass is 79.9. The van der Waals surface area contributed by atoms with E-state index in [1.165, 1.54) is 4.68 Å². The number of amides is 1. The monoisotopic (exact) mass is 481 g/mol. The molecule has 0 radical (unpaired) electrons. The quantitative estimate of drug-likeness (QED) is 0.526. The maximum absolute atomic E-state index is 13.2. The van der Waals surface area contributed by atoms with Gasteiger partial charge in [-0.1, -0.05) is 12.1 Å². The summed E-state index contributed by atoms with van der Waals surface area (Å²) in [5, 5.41) is 10.7. The topological polar surface area (TPSA) is 64.7 Å². The highest BCUT2D eigenvalue weighted by Gasteiger charge is 2.41. The number of alkyl halides is 3. The molecule has 30 heavy (non-hydrogen) atoms. The lowest BCUT2D eigenvalue weighted by molar-refractivity contribution is -0.142. The number of rotatable bonds is 7. The predicted molar refractivity (Wildman–Crippen MR) is 108 cm³/mol. The van der Waals surface area contributed by atoms with E-state index in [0.29, 0.717) is 17.9 Å². The highest BCUT2D eigenvalue weighted by molar-refractivity contribution is 9.10. The van der Waals surface area contributed by atoms with Crippen LogP contribution in [0.2, 0.25) is 0 Å². The molecular weight excluding hydrogens is 463 g/mol. The average molecular weight is 482 g/mol. The summed E-state index contributed by atoms with van der Waals surface area (Å²) in [7, 11) is 0. The maximum Gasteiger partial charge on any atom is 0.436 e. The first-order chi connectivity index (χ1) is 14.3. The van der Waals surface area contributed by atoms with E-state index in [9.17, 15) is 18.0 Å². The third kappa shape index (κ3) is 4.75. The molecule has 3 aromatic rings. The minimum Gasteiger partial charge on any atom is -0.326 e. The summed E-state index contributed by atoms with van der Waals surface area (Å²) in [4.78, 5) is 12.4. The summed E-state index contributed by atoms with van der Waals surface area (Å²) in [6.07, 6.45) is 0.687. The standard InChI is InChI=1S/C20H19BrF3N5O/c21-17-18(14-5-6-14)29(27-19(17)20(22,23)24)10-7-16(30)26-15-4-1-3-13(11-15)12-28-9-2-8-25-28/h1-4,8-9,11,14H,5-7,10,12H2,(H,26,30). The van der Waals surface area contributed by atoms with Crippen molar-refractivity contribution in [3.05, 3.63) is 64.1 Å². The predicted octanol–water partition coefficient (Wildman–Crippen LogP) is 4.82. The Morgan fingerprint density at radius 2 is 2.07 bits per heavy atom. The van der Waals surface area contributed by atoms with Crippen molar-refractivity contribution in [3.63, 3.8) is 0 Å². The Kier molecular flexibility index (Phi) is 5.68. The first-order valence-corrected chi connectivity index (χ1v) is 10.3. The molecule has 0 unspecified atom stereocenters. The number of benzene rings is 1. The Balaban J connectivity index is 1.41. The van der Waals surface area contributed by atoms with Crippen molar-refractivity contribution in [2.45, 2.75) is 44.4 Å². The second kappa shape index (κ2) is 8.25. The summed E-state index contributed by atoms with van der Waals surface area (Å²) in [5.41, 5.74) is 1.19. The summed E-state index contributed by atoms with van der Waals surface area (Å²) in [5.74, 6) is -0.224. The fourth-order valence-electron chi connectivity index (χ4n) is 3.31. The van der Waals surface area contributed by atoms with E-state index in [0.717, 1.165) is 18.4 Å². The number of hydrogen-bond donors (Lipinski definition) is 1. The van der Waals surface area contributed by atoms with Gasteiger partial charge in [-0.2, -0.15) is 23.4 Å². The normalized spacial score (nSPS) is 14.1. The summed E-state index contributed by atoms with van der Waals surface area (Å²) in [6.45, 7) is 0.655. The van der Waals surface area contributed by atoms with Crippen LogP contribution in [0.5, 0.6) is 0 Å². The van der Waals surface area contributed by atoms with Gasteiger partial charge < -0.3 is 5.32 Å². The molecule has 0 spiro atoms. The first kappa shape index (κ1) is 20.6. The fraction of sp³-hybridized carbons (Fsp3) is 0.350. The summed E-state index contributed by atoms with van der Waals surface area (Å²) >= 11 is 3.06. The molecule has 2 heterocycles. The van der Waals surface area contributed by atoms with Gasteiger partial charge in [0, 0.05) is 30.4 Å². The lowest BCUT2D eigenvalue weighted by Gasteiger charge is -2.09. The summed E-state index contributed by atoms with van der Waals surface area (Å²) in [6, 6.07) is 9.21. The molecule has 2 aromatic heterocycles. The molecule has 1 aliphatic carbocycles. The molecule has 10 heteroatoms. The first-order valence-electron chi connectivity index (χ1n) is 9.51. The molecule has 1 N–H and O–H groups in total. The van der Waals surface area contributed by atoms with Gasteiger partial charge in [-0.3, -0.25) is 14.2 Å². The highest BCUT2D eigenvalue weighted by Crippen LogP contribution is 2.47. The number of aryl methyl sites for hydroxylation is 1. The molecule has 1 aromatic carbocycles. The van der Waals surface area contributed by atoms with Crippen molar-refractivity contribution in [1.29, 1.82) is 0 Å². The third-order valence-corrected chi connectivity index (χ3v) is 5.61. The van der Waals surface area contributed by atoms with Crippen molar-refractivity contribution in [2.24, 2.45) is 0 Å². The van der Waals surface area contributed by atoms with E-state index >= 15 is 0 Å². The van der Waals surface area contributed by atoms with Crippen LogP contribution in [-0.4, -0.2) is 25.5 Å². The molecular formula is C20H19BrF3N5O. The zero-order valence-corrected chi connectivity index (χ0v) is 17.4. The zero-order valence-electron chi connectivity index (χ0n) is 15.9. The Bertz CT molecular complexity index is 1040. The lowest BCUT2D eigenvalue weighted by atomic mass is 10.2. The lowest BCUT2D eigenvalue weighted by Crippen LogP contribution is -2.16. The van der Waals surface area contributed by atoms with E-state index < -0.39 is 11.9 Å². The number of nitrogens with zero attached hydrogens (tertiary/aromatic N) is 4. The van der Waals surface area contributed by atoms with Crippen LogP contribution >= 0.6 is 15.9 Å². The van der Waals surface area contributed by atoms with Crippen molar-refractivity contribution in [2.75, 3.05) is 5.32 Å². The van der Waals surface area contributed by atoms with E-state index in [-0.39, 0.29) is 29.3 Å². The van der Waals surface area contributed by atoms with Gasteiger partial charge in [-0.15, -0.1) is 0 Å². The van der Waals surface area contributed by atoms with Gasteiger partial charge in [0.15, 0.2) is 5.69 Å². The number of halogens is 4. The van der Waals surface area contributed by atoms with Gasteiger partial charge in [0.25, 0.3) is 0 Å². The second-order valence-electron chi connectivity index (χ2n) is 7.25. The Labute approximate surface area is 179 Å². The van der Waals surface area contributed by atoms with Crippen LogP contribution in [0.25, 0.3) is 0 Å². The smallest absolute Gasteiger partial charge is 0.326 e. The fourth-order valence-corrected chi connectivity index (χ4v) is 4.14. The van der Waals surface area contributed by atoms with Crippen molar-refractivity contribution >= 4 is 27.5 Å². The number of hydrogen-bond acceptors (Lipinski definition) is 3. The molecule has 1 aliphatic rings. The molecule has 1 amide bonds. The number of carbonyl (C=O) groups excluding carboxylic acids is 1. The molecule has 4 rings (SSSR count). The van der Waals surface area contributed by atoms with Gasteiger partial charge >= 0.3 is 6.18 Å². The van der Waals surface area contributed by atoms with Crippen molar-refractivity contribution in [3.8, 4) is 0 Å². The number of anilines is 1. The molecule has 158 valence electrons. The molecule has 1 saturated carbocycles.